The molecule has 3 aromatic rings. The number of rotatable bonds is 2. The first kappa shape index (κ1) is 14.4. The fraction of sp³-hybridized carbons (Fsp3) is 0. The number of nitrogens with zero attached hydrogens (tertiary/aromatic N) is 2. The van der Waals surface area contributed by atoms with Gasteiger partial charge < -0.3 is 15.9 Å². The van der Waals surface area contributed by atoms with Gasteiger partial charge in [0.25, 0.3) is 0 Å². The van der Waals surface area contributed by atoms with Crippen molar-refractivity contribution in [3.63, 3.8) is 0 Å². The number of nitriles is 1. The third-order valence-electron chi connectivity index (χ3n) is 3.50. The molecule has 3 rings (SSSR count). The lowest BCUT2D eigenvalue weighted by Crippen LogP contribution is -1.99. The van der Waals surface area contributed by atoms with E-state index in [1.165, 1.54) is 0 Å². The molecule has 0 atom stereocenters. The number of phenols is 2. The zero-order valence-electron chi connectivity index (χ0n) is 12.1. The highest BCUT2D eigenvalue weighted by molar-refractivity contribution is 5.81. The lowest BCUT2D eigenvalue weighted by atomic mass is 9.98. The molecule has 0 unspecified atom stereocenters. The van der Waals surface area contributed by atoms with Crippen LogP contribution in [0.5, 0.6) is 11.5 Å². The molecule has 0 spiro atoms. The number of pyridine rings is 1. The van der Waals surface area contributed by atoms with Crippen LogP contribution >= 0.6 is 0 Å². The monoisotopic (exact) mass is 303 g/mol. The van der Waals surface area contributed by atoms with Gasteiger partial charge >= 0.3 is 0 Å². The number of nitrogen functional groups attached to an aromatic ring is 1. The molecule has 0 aliphatic heterocycles. The fourth-order valence-electron chi connectivity index (χ4n) is 2.41. The van der Waals surface area contributed by atoms with Crippen molar-refractivity contribution >= 4 is 5.82 Å². The van der Waals surface area contributed by atoms with Gasteiger partial charge in [-0.2, -0.15) is 5.26 Å². The summed E-state index contributed by atoms with van der Waals surface area (Å²) in [4.78, 5) is 4.22. The maximum Gasteiger partial charge on any atom is 0.142 e. The molecule has 5 heteroatoms. The van der Waals surface area contributed by atoms with E-state index in [-0.39, 0.29) is 22.9 Å². The van der Waals surface area contributed by atoms with Gasteiger partial charge in [-0.05, 0) is 35.9 Å². The SMILES string of the molecule is N#Cc1c(-c2cccc(O)c2)cc(-c2ccccc2O)nc1N. The van der Waals surface area contributed by atoms with Gasteiger partial charge in [-0.25, -0.2) is 4.98 Å². The first-order valence-electron chi connectivity index (χ1n) is 6.88. The van der Waals surface area contributed by atoms with E-state index in [2.05, 4.69) is 4.98 Å². The number of aromatic hydroxyl groups is 2. The van der Waals surface area contributed by atoms with Crippen molar-refractivity contribution in [2.24, 2.45) is 0 Å². The molecule has 1 aromatic heterocycles. The van der Waals surface area contributed by atoms with Gasteiger partial charge in [0.05, 0.1) is 5.69 Å². The molecule has 0 amide bonds. The number of phenolic OH excluding ortho intramolecular Hbond substituents is 2. The number of nitrogens with two attached hydrogens (primary N) is 1. The van der Waals surface area contributed by atoms with Crippen LogP contribution < -0.4 is 5.73 Å². The third kappa shape index (κ3) is 2.65. The number of benzene rings is 2. The predicted molar refractivity (Wildman–Crippen MR) is 87.6 cm³/mol. The normalized spacial score (nSPS) is 10.2. The lowest BCUT2D eigenvalue weighted by Gasteiger charge is -2.11. The summed E-state index contributed by atoms with van der Waals surface area (Å²) in [6.45, 7) is 0. The second-order valence-corrected chi connectivity index (χ2v) is 4.99. The maximum atomic E-state index is 10.0. The van der Waals surface area contributed by atoms with E-state index in [1.807, 2.05) is 6.07 Å². The van der Waals surface area contributed by atoms with E-state index in [0.29, 0.717) is 22.4 Å². The van der Waals surface area contributed by atoms with Gasteiger partial charge in [0.2, 0.25) is 0 Å². The Balaban J connectivity index is 2.27. The van der Waals surface area contributed by atoms with Gasteiger partial charge in [-0.1, -0.05) is 24.3 Å². The second kappa shape index (κ2) is 5.70. The Bertz CT molecular complexity index is 930. The van der Waals surface area contributed by atoms with E-state index in [9.17, 15) is 15.5 Å². The molecule has 23 heavy (non-hydrogen) atoms. The van der Waals surface area contributed by atoms with E-state index < -0.39 is 0 Å². The Morgan fingerprint density at radius 1 is 0.957 bits per heavy atom. The van der Waals surface area contributed by atoms with Crippen molar-refractivity contribution in [1.29, 1.82) is 5.26 Å². The summed E-state index contributed by atoms with van der Waals surface area (Å²) < 4.78 is 0. The van der Waals surface area contributed by atoms with Gasteiger partial charge in [0.15, 0.2) is 0 Å². The molecule has 0 aliphatic carbocycles. The first-order valence-corrected chi connectivity index (χ1v) is 6.88. The van der Waals surface area contributed by atoms with Crippen LogP contribution in [0.1, 0.15) is 5.56 Å². The molecule has 0 saturated carbocycles. The van der Waals surface area contributed by atoms with E-state index in [1.54, 1.807) is 54.6 Å². The molecule has 1 heterocycles. The fourth-order valence-corrected chi connectivity index (χ4v) is 2.41. The van der Waals surface area contributed by atoms with Crippen LogP contribution in [0.3, 0.4) is 0 Å². The highest BCUT2D eigenvalue weighted by Gasteiger charge is 2.15. The molecular weight excluding hydrogens is 290 g/mol. The number of aromatic nitrogens is 1. The van der Waals surface area contributed by atoms with Crippen molar-refractivity contribution in [2.75, 3.05) is 5.73 Å². The van der Waals surface area contributed by atoms with Gasteiger partial charge in [-0.15, -0.1) is 0 Å². The smallest absolute Gasteiger partial charge is 0.142 e. The quantitative estimate of drug-likeness (QED) is 0.674. The van der Waals surface area contributed by atoms with Crippen LogP contribution in [0.4, 0.5) is 5.82 Å². The second-order valence-electron chi connectivity index (χ2n) is 4.99. The average Bonchev–Trinajstić information content (AvgIpc) is 2.54. The summed E-state index contributed by atoms with van der Waals surface area (Å²) in [6.07, 6.45) is 0. The number of para-hydroxylation sites is 1. The minimum absolute atomic E-state index is 0.0750. The van der Waals surface area contributed by atoms with E-state index in [0.717, 1.165) is 0 Å². The van der Waals surface area contributed by atoms with Crippen molar-refractivity contribution in [3.05, 3.63) is 60.2 Å². The van der Waals surface area contributed by atoms with Gasteiger partial charge in [0.1, 0.15) is 28.9 Å². The summed E-state index contributed by atoms with van der Waals surface area (Å²) in [5.41, 5.74) is 8.32. The largest absolute Gasteiger partial charge is 0.508 e. The average molecular weight is 303 g/mol. The summed E-state index contributed by atoms with van der Waals surface area (Å²) in [5, 5.41) is 29.0. The van der Waals surface area contributed by atoms with E-state index in [4.69, 9.17) is 5.73 Å². The van der Waals surface area contributed by atoms with Crippen molar-refractivity contribution in [2.45, 2.75) is 0 Å². The van der Waals surface area contributed by atoms with E-state index >= 15 is 0 Å². The minimum atomic E-state index is 0.0750. The predicted octanol–water partition coefficient (Wildman–Crippen LogP) is 3.28. The number of hydrogen-bond acceptors (Lipinski definition) is 5. The molecule has 0 radical (unpaired) electrons. The minimum Gasteiger partial charge on any atom is -0.508 e. The van der Waals surface area contributed by atoms with Gasteiger partial charge in [-0.3, -0.25) is 0 Å². The number of anilines is 1. The summed E-state index contributed by atoms with van der Waals surface area (Å²) in [5.74, 6) is 0.239. The molecule has 4 N–H and O–H groups in total. The zero-order chi connectivity index (χ0) is 16.4. The maximum absolute atomic E-state index is 10.0. The molecule has 0 fully saturated rings. The topological polar surface area (TPSA) is 103 Å². The summed E-state index contributed by atoms with van der Waals surface area (Å²) >= 11 is 0. The Labute approximate surface area is 132 Å². The molecule has 5 nitrogen and oxygen atoms in total. The van der Waals surface area contributed by atoms with Crippen molar-refractivity contribution in [1.82, 2.24) is 4.98 Å². The Hall–Kier alpha value is -3.52. The molecule has 112 valence electrons. The summed E-state index contributed by atoms with van der Waals surface area (Å²) in [7, 11) is 0. The molecule has 2 aromatic carbocycles. The zero-order valence-corrected chi connectivity index (χ0v) is 12.1. The lowest BCUT2D eigenvalue weighted by molar-refractivity contribution is 0.475. The van der Waals surface area contributed by atoms with Crippen molar-refractivity contribution in [3.8, 4) is 40.0 Å². The third-order valence-corrected chi connectivity index (χ3v) is 3.50. The molecular formula is C18H13N3O2. The molecule has 0 saturated heterocycles. The van der Waals surface area contributed by atoms with Crippen LogP contribution in [0.25, 0.3) is 22.4 Å². The van der Waals surface area contributed by atoms with Gasteiger partial charge in [0, 0.05) is 11.1 Å². The standard InChI is InChI=1S/C18H13N3O2/c19-10-15-14(11-4-3-5-12(22)8-11)9-16(21-18(15)20)13-6-1-2-7-17(13)23/h1-9,22-23H,(H2,20,21). The Morgan fingerprint density at radius 3 is 2.43 bits per heavy atom. The van der Waals surface area contributed by atoms with Crippen molar-refractivity contribution < 1.29 is 10.2 Å². The number of hydrogen-bond donors (Lipinski definition) is 3. The van der Waals surface area contributed by atoms with Crippen LogP contribution in [0, 0.1) is 11.3 Å². The first-order chi connectivity index (χ1) is 11.1. The Morgan fingerprint density at radius 2 is 1.74 bits per heavy atom. The molecule has 0 bridgehead atoms. The highest BCUT2D eigenvalue weighted by Crippen LogP contribution is 2.35. The van der Waals surface area contributed by atoms with Crippen LogP contribution in [0.15, 0.2) is 54.6 Å². The van der Waals surface area contributed by atoms with Crippen LogP contribution in [-0.4, -0.2) is 15.2 Å². The highest BCUT2D eigenvalue weighted by atomic mass is 16.3. The van der Waals surface area contributed by atoms with Crippen LogP contribution in [0.2, 0.25) is 0 Å². The Kier molecular flexibility index (Phi) is 3.57. The summed E-state index contributed by atoms with van der Waals surface area (Å²) in [6, 6.07) is 17.0. The molecule has 0 aliphatic rings. The van der Waals surface area contributed by atoms with Crippen LogP contribution in [-0.2, 0) is 0 Å².